The highest BCUT2D eigenvalue weighted by Crippen LogP contribution is 2.26. The fourth-order valence-corrected chi connectivity index (χ4v) is 3.98. The summed E-state index contributed by atoms with van der Waals surface area (Å²) in [5.41, 5.74) is 0.582. The van der Waals surface area contributed by atoms with Crippen LogP contribution in [-0.2, 0) is 16.6 Å². The minimum atomic E-state index is -3.49. The van der Waals surface area contributed by atoms with Gasteiger partial charge in [-0.05, 0) is 33.6 Å². The molecule has 1 aromatic rings. The standard InChI is InChI=1S/C11H16BrNO3S/c1-3-13(4-2)17(15,16)11-7-9(8-14)5-6-10(11)12/h5-7,14H,3-4,8H2,1-2H3. The van der Waals surface area contributed by atoms with Gasteiger partial charge in [0.05, 0.1) is 11.5 Å². The zero-order valence-corrected chi connectivity index (χ0v) is 12.3. The van der Waals surface area contributed by atoms with Gasteiger partial charge in [0, 0.05) is 17.6 Å². The van der Waals surface area contributed by atoms with Crippen LogP contribution in [0.15, 0.2) is 27.6 Å². The van der Waals surface area contributed by atoms with Gasteiger partial charge in [0.1, 0.15) is 0 Å². The maximum atomic E-state index is 12.3. The molecule has 0 radical (unpaired) electrons. The number of aliphatic hydroxyl groups is 1. The molecule has 1 N–H and O–H groups in total. The van der Waals surface area contributed by atoms with Crippen LogP contribution in [0, 0.1) is 0 Å². The highest BCUT2D eigenvalue weighted by Gasteiger charge is 2.24. The minimum absolute atomic E-state index is 0.173. The van der Waals surface area contributed by atoms with E-state index in [4.69, 9.17) is 5.11 Å². The molecule has 0 aliphatic heterocycles. The fraction of sp³-hybridized carbons (Fsp3) is 0.455. The van der Waals surface area contributed by atoms with Crippen molar-refractivity contribution in [2.45, 2.75) is 25.3 Å². The highest BCUT2D eigenvalue weighted by molar-refractivity contribution is 9.10. The highest BCUT2D eigenvalue weighted by atomic mass is 79.9. The van der Waals surface area contributed by atoms with E-state index in [2.05, 4.69) is 15.9 Å². The number of sulfonamides is 1. The van der Waals surface area contributed by atoms with Gasteiger partial charge in [0.2, 0.25) is 10.0 Å². The van der Waals surface area contributed by atoms with Gasteiger partial charge in [0.15, 0.2) is 0 Å². The number of hydrogen-bond acceptors (Lipinski definition) is 3. The van der Waals surface area contributed by atoms with Crippen molar-refractivity contribution in [3.05, 3.63) is 28.2 Å². The Labute approximate surface area is 110 Å². The zero-order chi connectivity index (χ0) is 13.1. The van der Waals surface area contributed by atoms with Crippen molar-refractivity contribution in [2.75, 3.05) is 13.1 Å². The van der Waals surface area contributed by atoms with Crippen molar-refractivity contribution >= 4 is 26.0 Å². The monoisotopic (exact) mass is 321 g/mol. The average molecular weight is 322 g/mol. The van der Waals surface area contributed by atoms with Gasteiger partial charge in [-0.2, -0.15) is 4.31 Å². The summed E-state index contributed by atoms with van der Waals surface area (Å²) in [4.78, 5) is 0.202. The molecule has 96 valence electrons. The first kappa shape index (κ1) is 14.6. The Morgan fingerprint density at radius 2 is 1.88 bits per heavy atom. The molecule has 0 atom stereocenters. The predicted molar refractivity (Wildman–Crippen MR) is 70.2 cm³/mol. The van der Waals surface area contributed by atoms with Gasteiger partial charge in [0.25, 0.3) is 0 Å². The van der Waals surface area contributed by atoms with Crippen LogP contribution >= 0.6 is 15.9 Å². The van der Waals surface area contributed by atoms with Crippen LogP contribution in [-0.4, -0.2) is 30.9 Å². The van der Waals surface area contributed by atoms with Crippen molar-refractivity contribution in [1.82, 2.24) is 4.31 Å². The van der Waals surface area contributed by atoms with Crippen LogP contribution in [0.25, 0.3) is 0 Å². The second-order valence-corrected chi connectivity index (χ2v) is 6.27. The van der Waals surface area contributed by atoms with Crippen molar-refractivity contribution in [3.8, 4) is 0 Å². The molecule has 1 rings (SSSR count). The van der Waals surface area contributed by atoms with Crippen molar-refractivity contribution in [2.24, 2.45) is 0 Å². The molecule has 0 saturated carbocycles. The number of hydrogen-bond donors (Lipinski definition) is 1. The maximum absolute atomic E-state index is 12.3. The van der Waals surface area contributed by atoms with Crippen LogP contribution in [0.3, 0.4) is 0 Å². The average Bonchev–Trinajstić information content (AvgIpc) is 2.30. The van der Waals surface area contributed by atoms with Crippen molar-refractivity contribution in [1.29, 1.82) is 0 Å². The summed E-state index contributed by atoms with van der Waals surface area (Å²) in [6.45, 7) is 4.27. The normalized spacial score (nSPS) is 12.1. The molecule has 0 heterocycles. The van der Waals surface area contributed by atoms with E-state index in [1.807, 2.05) is 0 Å². The summed E-state index contributed by atoms with van der Waals surface area (Å²) < 4.78 is 26.5. The number of benzene rings is 1. The zero-order valence-electron chi connectivity index (χ0n) is 9.85. The first-order valence-electron chi connectivity index (χ1n) is 5.36. The Morgan fingerprint density at radius 1 is 1.29 bits per heavy atom. The van der Waals surface area contributed by atoms with Crippen LogP contribution in [0.2, 0.25) is 0 Å². The molecular formula is C11H16BrNO3S. The predicted octanol–water partition coefficient (Wildman–Crippen LogP) is 1.97. The summed E-state index contributed by atoms with van der Waals surface area (Å²) in [5, 5.41) is 9.05. The van der Waals surface area contributed by atoms with Gasteiger partial charge in [-0.15, -0.1) is 0 Å². The van der Waals surface area contributed by atoms with Gasteiger partial charge < -0.3 is 5.11 Å². The van der Waals surface area contributed by atoms with Crippen molar-refractivity contribution in [3.63, 3.8) is 0 Å². The van der Waals surface area contributed by atoms with Gasteiger partial charge in [-0.1, -0.05) is 19.9 Å². The van der Waals surface area contributed by atoms with Crippen LogP contribution in [0.5, 0.6) is 0 Å². The molecule has 0 unspecified atom stereocenters. The van der Waals surface area contributed by atoms with E-state index < -0.39 is 10.0 Å². The molecule has 0 fully saturated rings. The smallest absolute Gasteiger partial charge is 0.244 e. The van der Waals surface area contributed by atoms with Gasteiger partial charge in [-0.3, -0.25) is 0 Å². The second kappa shape index (κ2) is 5.95. The molecule has 4 nitrogen and oxygen atoms in total. The fourth-order valence-electron chi connectivity index (χ4n) is 1.55. The van der Waals surface area contributed by atoms with E-state index in [1.54, 1.807) is 26.0 Å². The Hall–Kier alpha value is -0.430. The third-order valence-electron chi connectivity index (χ3n) is 2.50. The quantitative estimate of drug-likeness (QED) is 0.902. The largest absolute Gasteiger partial charge is 0.392 e. The summed E-state index contributed by atoms with van der Waals surface area (Å²) in [5.74, 6) is 0. The Bertz CT molecular complexity index is 483. The topological polar surface area (TPSA) is 57.6 Å². The molecular weight excluding hydrogens is 306 g/mol. The maximum Gasteiger partial charge on any atom is 0.244 e. The van der Waals surface area contributed by atoms with E-state index in [0.29, 0.717) is 23.1 Å². The molecule has 1 aromatic carbocycles. The Balaban J connectivity index is 3.31. The first-order valence-corrected chi connectivity index (χ1v) is 7.60. The third-order valence-corrected chi connectivity index (χ3v) is 5.55. The lowest BCUT2D eigenvalue weighted by Crippen LogP contribution is -2.30. The number of halogens is 1. The van der Waals surface area contributed by atoms with E-state index in [9.17, 15) is 8.42 Å². The molecule has 0 spiro atoms. The third kappa shape index (κ3) is 3.07. The molecule has 0 aliphatic rings. The SMILES string of the molecule is CCN(CC)S(=O)(=O)c1cc(CO)ccc1Br. The van der Waals surface area contributed by atoms with Crippen LogP contribution < -0.4 is 0 Å². The van der Waals surface area contributed by atoms with E-state index in [-0.39, 0.29) is 11.5 Å². The molecule has 6 heteroatoms. The minimum Gasteiger partial charge on any atom is -0.392 e. The van der Waals surface area contributed by atoms with Crippen molar-refractivity contribution < 1.29 is 13.5 Å². The van der Waals surface area contributed by atoms with Gasteiger partial charge in [-0.25, -0.2) is 8.42 Å². The molecule has 0 aliphatic carbocycles. The lowest BCUT2D eigenvalue weighted by atomic mass is 10.2. The summed E-state index contributed by atoms with van der Waals surface area (Å²) in [6.07, 6.45) is 0. The molecule has 0 saturated heterocycles. The molecule has 0 amide bonds. The number of nitrogens with zero attached hydrogens (tertiary/aromatic N) is 1. The number of aliphatic hydroxyl groups excluding tert-OH is 1. The molecule has 0 aromatic heterocycles. The molecule has 0 bridgehead atoms. The lowest BCUT2D eigenvalue weighted by molar-refractivity contribution is 0.281. The summed E-state index contributed by atoms with van der Waals surface area (Å²) in [7, 11) is -3.49. The van der Waals surface area contributed by atoms with E-state index in [1.165, 1.54) is 10.4 Å². The summed E-state index contributed by atoms with van der Waals surface area (Å²) >= 11 is 3.23. The van der Waals surface area contributed by atoms with E-state index >= 15 is 0 Å². The Morgan fingerprint density at radius 3 is 2.35 bits per heavy atom. The Kier molecular flexibility index (Phi) is 5.12. The van der Waals surface area contributed by atoms with Gasteiger partial charge >= 0.3 is 0 Å². The molecule has 17 heavy (non-hydrogen) atoms. The second-order valence-electron chi connectivity index (χ2n) is 3.51. The first-order chi connectivity index (χ1) is 7.97. The van der Waals surface area contributed by atoms with E-state index in [0.717, 1.165) is 0 Å². The summed E-state index contributed by atoms with van der Waals surface area (Å²) in [6, 6.07) is 4.82. The van der Waals surface area contributed by atoms with Crippen LogP contribution in [0.1, 0.15) is 19.4 Å². The van der Waals surface area contributed by atoms with Crippen LogP contribution in [0.4, 0.5) is 0 Å². The lowest BCUT2D eigenvalue weighted by Gasteiger charge is -2.19. The number of rotatable bonds is 5.